The molecule has 2 rings (SSSR count). The summed E-state index contributed by atoms with van der Waals surface area (Å²) in [6, 6.07) is 1.96. The van der Waals surface area contributed by atoms with Crippen LogP contribution in [0, 0.1) is 18.3 Å². The first kappa shape index (κ1) is 15.3. The Morgan fingerprint density at radius 2 is 2.00 bits per heavy atom. The average Bonchev–Trinajstić information content (AvgIpc) is 2.48. The van der Waals surface area contributed by atoms with E-state index in [2.05, 4.69) is 35.6 Å². The van der Waals surface area contributed by atoms with Crippen LogP contribution in [0.5, 0.6) is 0 Å². The minimum Gasteiger partial charge on any atom is -0.341 e. The van der Waals surface area contributed by atoms with Gasteiger partial charge in [-0.25, -0.2) is 9.97 Å². The van der Waals surface area contributed by atoms with Crippen LogP contribution in [0.25, 0.3) is 0 Å². The molecule has 0 bridgehead atoms. The monoisotopic (exact) mass is 275 g/mol. The van der Waals surface area contributed by atoms with Crippen LogP contribution in [0.1, 0.15) is 58.6 Å². The predicted molar refractivity (Wildman–Crippen MR) is 85.0 cm³/mol. The van der Waals surface area contributed by atoms with Gasteiger partial charge in [-0.2, -0.15) is 0 Å². The van der Waals surface area contributed by atoms with Crippen molar-refractivity contribution in [3.63, 3.8) is 0 Å². The highest BCUT2D eigenvalue weighted by Gasteiger charge is 2.34. The number of aryl methyl sites for hydroxylation is 1. The Kier molecular flexibility index (Phi) is 5.00. The van der Waals surface area contributed by atoms with E-state index in [9.17, 15) is 0 Å². The third kappa shape index (κ3) is 3.50. The Morgan fingerprint density at radius 3 is 2.55 bits per heavy atom. The Balaban J connectivity index is 2.00. The highest BCUT2D eigenvalue weighted by Crippen LogP contribution is 2.41. The first-order valence-electron chi connectivity index (χ1n) is 8.13. The van der Waals surface area contributed by atoms with Gasteiger partial charge in [0.25, 0.3) is 0 Å². The molecule has 0 aromatic carbocycles. The molecule has 1 unspecified atom stereocenters. The fourth-order valence-corrected chi connectivity index (χ4v) is 3.35. The zero-order chi connectivity index (χ0) is 14.6. The molecule has 0 spiro atoms. The van der Waals surface area contributed by atoms with Crippen LogP contribution in [-0.4, -0.2) is 23.1 Å². The zero-order valence-electron chi connectivity index (χ0n) is 13.5. The van der Waals surface area contributed by atoms with Crippen molar-refractivity contribution in [3.05, 3.63) is 18.0 Å². The topological polar surface area (TPSA) is 29.0 Å². The molecule has 0 aliphatic carbocycles. The number of piperidine rings is 1. The largest absolute Gasteiger partial charge is 0.341 e. The van der Waals surface area contributed by atoms with Crippen LogP contribution in [0.15, 0.2) is 12.3 Å². The molecule has 0 saturated carbocycles. The van der Waals surface area contributed by atoms with Crippen LogP contribution in [0.3, 0.4) is 0 Å². The van der Waals surface area contributed by atoms with E-state index >= 15 is 0 Å². The minimum absolute atomic E-state index is 0.551. The summed E-state index contributed by atoms with van der Waals surface area (Å²) in [5.74, 6) is 1.76. The van der Waals surface area contributed by atoms with Gasteiger partial charge < -0.3 is 4.90 Å². The van der Waals surface area contributed by atoms with E-state index in [0.717, 1.165) is 30.6 Å². The number of hydrogen-bond donors (Lipinski definition) is 0. The van der Waals surface area contributed by atoms with E-state index in [1.54, 1.807) is 0 Å². The number of aromatic nitrogens is 2. The lowest BCUT2D eigenvalue weighted by Crippen LogP contribution is -2.41. The van der Waals surface area contributed by atoms with Crippen LogP contribution in [-0.2, 0) is 0 Å². The van der Waals surface area contributed by atoms with E-state index in [1.807, 2.05) is 19.2 Å². The van der Waals surface area contributed by atoms with Crippen molar-refractivity contribution in [1.29, 1.82) is 0 Å². The quantitative estimate of drug-likeness (QED) is 0.805. The van der Waals surface area contributed by atoms with Crippen molar-refractivity contribution in [2.24, 2.45) is 11.3 Å². The maximum Gasteiger partial charge on any atom is 0.225 e. The summed E-state index contributed by atoms with van der Waals surface area (Å²) in [5.41, 5.74) is 1.61. The van der Waals surface area contributed by atoms with Crippen molar-refractivity contribution in [1.82, 2.24) is 9.97 Å². The summed E-state index contributed by atoms with van der Waals surface area (Å²) in [7, 11) is 0. The molecule has 1 aromatic heterocycles. The molecule has 112 valence electrons. The highest BCUT2D eigenvalue weighted by atomic mass is 15.3. The molecule has 20 heavy (non-hydrogen) atoms. The zero-order valence-corrected chi connectivity index (χ0v) is 13.5. The lowest BCUT2D eigenvalue weighted by atomic mass is 9.70. The molecule has 1 fully saturated rings. The van der Waals surface area contributed by atoms with Gasteiger partial charge in [0.05, 0.1) is 0 Å². The second-order valence-corrected chi connectivity index (χ2v) is 6.56. The molecule has 1 aliphatic rings. The van der Waals surface area contributed by atoms with Gasteiger partial charge in [0.1, 0.15) is 0 Å². The van der Waals surface area contributed by atoms with Gasteiger partial charge in [-0.05, 0) is 43.6 Å². The van der Waals surface area contributed by atoms with Crippen LogP contribution >= 0.6 is 0 Å². The summed E-state index contributed by atoms with van der Waals surface area (Å²) >= 11 is 0. The van der Waals surface area contributed by atoms with E-state index in [4.69, 9.17) is 0 Å². The fourth-order valence-electron chi connectivity index (χ4n) is 3.35. The van der Waals surface area contributed by atoms with Crippen molar-refractivity contribution >= 4 is 5.95 Å². The maximum atomic E-state index is 4.56. The molecular formula is C17H29N3. The first-order valence-corrected chi connectivity index (χ1v) is 8.13. The van der Waals surface area contributed by atoms with Crippen LogP contribution in [0.2, 0.25) is 0 Å². The maximum absolute atomic E-state index is 4.56. The molecule has 0 radical (unpaired) electrons. The molecule has 1 aliphatic heterocycles. The third-order valence-electron chi connectivity index (χ3n) is 5.12. The standard InChI is InChI=1S/C17H29N3/c1-5-14(3)13-17(6-2)8-11-20(12-9-17)16-18-10-7-15(4)19-16/h7,10,14H,5-6,8-9,11-13H2,1-4H3. The van der Waals surface area contributed by atoms with Gasteiger partial charge in [-0.1, -0.05) is 33.6 Å². The van der Waals surface area contributed by atoms with Gasteiger partial charge >= 0.3 is 0 Å². The molecule has 3 nitrogen and oxygen atoms in total. The summed E-state index contributed by atoms with van der Waals surface area (Å²) < 4.78 is 0. The molecule has 3 heteroatoms. The highest BCUT2D eigenvalue weighted by molar-refractivity contribution is 5.31. The van der Waals surface area contributed by atoms with Crippen molar-refractivity contribution in [2.75, 3.05) is 18.0 Å². The minimum atomic E-state index is 0.551. The van der Waals surface area contributed by atoms with Crippen molar-refractivity contribution in [2.45, 2.75) is 59.8 Å². The van der Waals surface area contributed by atoms with Crippen LogP contribution in [0.4, 0.5) is 5.95 Å². The lowest BCUT2D eigenvalue weighted by molar-refractivity contribution is 0.158. The smallest absolute Gasteiger partial charge is 0.225 e. The normalized spacial score (nSPS) is 19.9. The Bertz CT molecular complexity index is 422. The molecule has 0 amide bonds. The third-order valence-corrected chi connectivity index (χ3v) is 5.12. The van der Waals surface area contributed by atoms with Crippen molar-refractivity contribution in [3.8, 4) is 0 Å². The SMILES string of the molecule is CCC(C)CC1(CC)CCN(c2nccc(C)n2)CC1. The Hall–Kier alpha value is -1.12. The molecule has 1 saturated heterocycles. The summed E-state index contributed by atoms with van der Waals surface area (Å²) in [4.78, 5) is 11.3. The Morgan fingerprint density at radius 1 is 1.30 bits per heavy atom. The number of anilines is 1. The number of nitrogens with zero attached hydrogens (tertiary/aromatic N) is 3. The second-order valence-electron chi connectivity index (χ2n) is 6.56. The van der Waals surface area contributed by atoms with E-state index in [0.29, 0.717) is 5.41 Å². The molecular weight excluding hydrogens is 246 g/mol. The summed E-state index contributed by atoms with van der Waals surface area (Å²) in [5, 5.41) is 0. The number of rotatable bonds is 5. The molecule has 2 heterocycles. The van der Waals surface area contributed by atoms with E-state index in [1.165, 1.54) is 32.1 Å². The molecule has 0 N–H and O–H groups in total. The number of hydrogen-bond acceptors (Lipinski definition) is 3. The van der Waals surface area contributed by atoms with Gasteiger partial charge in [-0.15, -0.1) is 0 Å². The van der Waals surface area contributed by atoms with E-state index in [-0.39, 0.29) is 0 Å². The van der Waals surface area contributed by atoms with Gasteiger partial charge in [0, 0.05) is 25.0 Å². The predicted octanol–water partition coefficient (Wildman–Crippen LogP) is 4.22. The van der Waals surface area contributed by atoms with Gasteiger partial charge in [0.2, 0.25) is 5.95 Å². The van der Waals surface area contributed by atoms with Gasteiger partial charge in [0.15, 0.2) is 0 Å². The fraction of sp³-hybridized carbons (Fsp3) is 0.765. The van der Waals surface area contributed by atoms with Crippen molar-refractivity contribution < 1.29 is 0 Å². The van der Waals surface area contributed by atoms with Gasteiger partial charge in [-0.3, -0.25) is 0 Å². The average molecular weight is 275 g/mol. The second kappa shape index (κ2) is 6.55. The molecule has 1 atom stereocenters. The summed E-state index contributed by atoms with van der Waals surface area (Å²) in [6.45, 7) is 11.3. The first-order chi connectivity index (χ1) is 9.58. The lowest BCUT2D eigenvalue weighted by Gasteiger charge is -2.43. The van der Waals surface area contributed by atoms with E-state index < -0.39 is 0 Å². The molecule has 1 aromatic rings. The summed E-state index contributed by atoms with van der Waals surface area (Å²) in [6.07, 6.45) is 8.42. The Labute approximate surface area is 123 Å². The van der Waals surface area contributed by atoms with Crippen LogP contribution < -0.4 is 4.90 Å².